The maximum Gasteiger partial charge on any atom is 0.216 e. The highest BCUT2D eigenvalue weighted by atomic mass is 35.5. The molecule has 0 saturated heterocycles. The minimum absolute atomic E-state index is 0.00342. The Balaban J connectivity index is 2.09. The zero-order valence-electron chi connectivity index (χ0n) is 14.9. The second kappa shape index (κ2) is 7.63. The van der Waals surface area contributed by atoms with E-state index in [4.69, 9.17) is 21.1 Å². The number of fused-ring (bicyclic) bond motifs is 1. The van der Waals surface area contributed by atoms with Gasteiger partial charge >= 0.3 is 0 Å². The van der Waals surface area contributed by atoms with E-state index in [9.17, 15) is 13.7 Å². The highest BCUT2D eigenvalue weighted by molar-refractivity contribution is 7.95. The monoisotopic (exact) mass is 403 g/mol. The van der Waals surface area contributed by atoms with E-state index in [2.05, 4.69) is 0 Å². The Morgan fingerprint density at radius 2 is 2.07 bits per heavy atom. The van der Waals surface area contributed by atoms with Crippen LogP contribution in [0.25, 0.3) is 6.08 Å². The molecule has 5 nitrogen and oxygen atoms in total. The SMILES string of the molecule is CCOc1cc2c(cc1/C=C(\C#N)S(=O)(=O)c1ccc(Cl)cc1)OC(C)C2. The van der Waals surface area contributed by atoms with Crippen molar-refractivity contribution < 1.29 is 17.9 Å². The van der Waals surface area contributed by atoms with E-state index < -0.39 is 9.84 Å². The van der Waals surface area contributed by atoms with Gasteiger partial charge in [-0.15, -0.1) is 0 Å². The Hall–Kier alpha value is -2.49. The van der Waals surface area contributed by atoms with Gasteiger partial charge in [-0.2, -0.15) is 5.26 Å². The summed E-state index contributed by atoms with van der Waals surface area (Å²) in [6.07, 6.45) is 2.12. The molecule has 0 spiro atoms. The summed E-state index contributed by atoms with van der Waals surface area (Å²) in [6.45, 7) is 4.22. The predicted octanol–water partition coefficient (Wildman–Crippen LogP) is 4.40. The fourth-order valence-electron chi connectivity index (χ4n) is 2.90. The first-order valence-electron chi connectivity index (χ1n) is 8.44. The summed E-state index contributed by atoms with van der Waals surface area (Å²) in [5.41, 5.74) is 1.49. The van der Waals surface area contributed by atoms with Gasteiger partial charge in [0.1, 0.15) is 28.6 Å². The second-order valence-electron chi connectivity index (χ2n) is 6.14. The molecule has 0 amide bonds. The molecule has 7 heteroatoms. The van der Waals surface area contributed by atoms with E-state index in [1.54, 1.807) is 12.1 Å². The maximum absolute atomic E-state index is 12.8. The first-order valence-corrected chi connectivity index (χ1v) is 10.3. The van der Waals surface area contributed by atoms with E-state index in [1.807, 2.05) is 19.9 Å². The molecule has 0 aliphatic carbocycles. The van der Waals surface area contributed by atoms with Crippen LogP contribution in [0.2, 0.25) is 5.02 Å². The van der Waals surface area contributed by atoms with Gasteiger partial charge in [0.15, 0.2) is 0 Å². The summed E-state index contributed by atoms with van der Waals surface area (Å²) in [7, 11) is -3.98. The Morgan fingerprint density at radius 3 is 2.70 bits per heavy atom. The van der Waals surface area contributed by atoms with Gasteiger partial charge in [-0.1, -0.05) is 11.6 Å². The van der Waals surface area contributed by atoms with Crippen LogP contribution in [0.4, 0.5) is 0 Å². The average molecular weight is 404 g/mol. The van der Waals surface area contributed by atoms with Gasteiger partial charge in [0.2, 0.25) is 9.84 Å². The van der Waals surface area contributed by atoms with Crippen LogP contribution >= 0.6 is 11.6 Å². The third-order valence-electron chi connectivity index (χ3n) is 4.14. The van der Waals surface area contributed by atoms with Crippen molar-refractivity contribution in [2.24, 2.45) is 0 Å². The highest BCUT2D eigenvalue weighted by Crippen LogP contribution is 2.37. The molecule has 1 heterocycles. The van der Waals surface area contributed by atoms with E-state index in [-0.39, 0.29) is 15.9 Å². The fraction of sp³-hybridized carbons (Fsp3) is 0.250. The Morgan fingerprint density at radius 1 is 1.37 bits per heavy atom. The number of hydrogen-bond acceptors (Lipinski definition) is 5. The lowest BCUT2D eigenvalue weighted by molar-refractivity contribution is 0.254. The molecule has 0 saturated carbocycles. The molecular formula is C20H18ClNO4S. The number of halogens is 1. The van der Waals surface area contributed by atoms with Crippen molar-refractivity contribution in [1.82, 2.24) is 0 Å². The molecule has 2 aromatic carbocycles. The first kappa shape index (κ1) is 19.3. The molecule has 2 aromatic rings. The van der Waals surface area contributed by atoms with Gasteiger partial charge in [0.05, 0.1) is 11.5 Å². The number of benzene rings is 2. The quantitative estimate of drug-likeness (QED) is 0.691. The number of rotatable bonds is 5. The van der Waals surface area contributed by atoms with Crippen molar-refractivity contribution in [1.29, 1.82) is 5.26 Å². The summed E-state index contributed by atoms with van der Waals surface area (Å²) in [5, 5.41) is 9.92. The standard InChI is InChI=1S/C20H18ClNO4S/c1-3-25-19-10-14-8-13(2)26-20(14)11-15(19)9-18(12-22)27(23,24)17-6-4-16(21)5-7-17/h4-7,9-11,13H,3,8H2,1-2H3/b18-9+. The molecular weight excluding hydrogens is 386 g/mol. The topological polar surface area (TPSA) is 76.4 Å². The van der Waals surface area contributed by atoms with Gasteiger partial charge < -0.3 is 9.47 Å². The lowest BCUT2D eigenvalue weighted by Gasteiger charge is -2.11. The molecule has 1 aliphatic rings. The van der Waals surface area contributed by atoms with Crippen LogP contribution in [0, 0.1) is 11.3 Å². The number of nitrogens with zero attached hydrogens (tertiary/aromatic N) is 1. The minimum atomic E-state index is -3.98. The average Bonchev–Trinajstić information content (AvgIpc) is 2.99. The summed E-state index contributed by atoms with van der Waals surface area (Å²) in [4.78, 5) is -0.375. The van der Waals surface area contributed by atoms with Crippen LogP contribution in [0.3, 0.4) is 0 Å². The van der Waals surface area contributed by atoms with Crippen molar-refractivity contribution in [3.8, 4) is 17.6 Å². The zero-order valence-corrected chi connectivity index (χ0v) is 16.5. The first-order chi connectivity index (χ1) is 12.8. The minimum Gasteiger partial charge on any atom is -0.493 e. The summed E-state index contributed by atoms with van der Waals surface area (Å²) < 4.78 is 37.1. The van der Waals surface area contributed by atoms with Crippen molar-refractivity contribution in [3.05, 3.63) is 57.5 Å². The van der Waals surface area contributed by atoms with E-state index in [1.165, 1.54) is 30.3 Å². The van der Waals surface area contributed by atoms with Gasteiger partial charge in [0.25, 0.3) is 0 Å². The molecule has 1 aliphatic heterocycles. The van der Waals surface area contributed by atoms with Crippen LogP contribution in [0.5, 0.6) is 11.5 Å². The lowest BCUT2D eigenvalue weighted by atomic mass is 10.1. The lowest BCUT2D eigenvalue weighted by Crippen LogP contribution is -2.05. The smallest absolute Gasteiger partial charge is 0.216 e. The number of ether oxygens (including phenoxy) is 2. The molecule has 27 heavy (non-hydrogen) atoms. The number of hydrogen-bond donors (Lipinski definition) is 0. The molecule has 1 atom stereocenters. The summed E-state index contributed by atoms with van der Waals surface area (Å²) in [6, 6.07) is 11.1. The van der Waals surface area contributed by atoms with Gasteiger partial charge in [-0.05, 0) is 56.3 Å². The molecule has 140 valence electrons. The largest absolute Gasteiger partial charge is 0.493 e. The number of allylic oxidation sites excluding steroid dienone is 1. The van der Waals surface area contributed by atoms with Gasteiger partial charge in [-0.3, -0.25) is 0 Å². The molecule has 0 aromatic heterocycles. The molecule has 0 fully saturated rings. The summed E-state index contributed by atoms with van der Waals surface area (Å²) >= 11 is 5.82. The van der Waals surface area contributed by atoms with E-state index >= 15 is 0 Å². The van der Waals surface area contributed by atoms with Crippen molar-refractivity contribution in [2.75, 3.05) is 6.61 Å². The molecule has 3 rings (SSSR count). The van der Waals surface area contributed by atoms with Crippen LogP contribution in [0.15, 0.2) is 46.2 Å². The van der Waals surface area contributed by atoms with E-state index in [0.29, 0.717) is 28.7 Å². The van der Waals surface area contributed by atoms with Crippen LogP contribution in [0.1, 0.15) is 25.0 Å². The van der Waals surface area contributed by atoms with Crippen molar-refractivity contribution in [2.45, 2.75) is 31.3 Å². The molecule has 1 unspecified atom stereocenters. The third kappa shape index (κ3) is 3.95. The van der Waals surface area contributed by atoms with Crippen LogP contribution < -0.4 is 9.47 Å². The molecule has 0 N–H and O–H groups in total. The highest BCUT2D eigenvalue weighted by Gasteiger charge is 2.24. The normalized spacial score (nSPS) is 16.4. The third-order valence-corrected chi connectivity index (χ3v) is 6.07. The van der Waals surface area contributed by atoms with Gasteiger partial charge in [0, 0.05) is 22.6 Å². The second-order valence-corrected chi connectivity index (χ2v) is 8.50. The van der Waals surface area contributed by atoms with Gasteiger partial charge in [-0.25, -0.2) is 8.42 Å². The van der Waals surface area contributed by atoms with Crippen molar-refractivity contribution >= 4 is 27.5 Å². The van der Waals surface area contributed by atoms with Crippen molar-refractivity contribution in [3.63, 3.8) is 0 Å². The summed E-state index contributed by atoms with van der Waals surface area (Å²) in [5.74, 6) is 1.20. The Kier molecular flexibility index (Phi) is 5.45. The maximum atomic E-state index is 12.8. The Labute approximate surface area is 163 Å². The zero-order chi connectivity index (χ0) is 19.6. The van der Waals surface area contributed by atoms with Crippen LogP contribution in [-0.4, -0.2) is 21.1 Å². The van der Waals surface area contributed by atoms with Crippen LogP contribution in [-0.2, 0) is 16.3 Å². The van der Waals surface area contributed by atoms with E-state index in [0.717, 1.165) is 12.0 Å². The Bertz CT molecular complexity index is 1040. The predicted molar refractivity (Wildman–Crippen MR) is 104 cm³/mol. The number of sulfone groups is 1. The molecule has 0 radical (unpaired) electrons. The fourth-order valence-corrected chi connectivity index (χ4v) is 4.18. The number of nitriles is 1. The molecule has 0 bridgehead atoms.